The largest absolute Gasteiger partial charge is 0.453 e. The predicted octanol–water partition coefficient (Wildman–Crippen LogP) is 0.795. The molecule has 0 saturated heterocycles. The molecule has 0 radical (unpaired) electrons. The third kappa shape index (κ3) is 2.78. The van der Waals surface area contributed by atoms with E-state index in [0.29, 0.717) is 11.3 Å². The van der Waals surface area contributed by atoms with E-state index in [1.54, 1.807) is 14.0 Å². The molecule has 2 aromatic rings. The molecular weight excluding hydrogens is 277 g/mol. The Balaban J connectivity index is 2.00. The van der Waals surface area contributed by atoms with Crippen molar-refractivity contribution in [1.82, 2.24) is 30.3 Å². The summed E-state index contributed by atoms with van der Waals surface area (Å²) in [4.78, 5) is 15.1. The number of halogens is 3. The van der Waals surface area contributed by atoms with Gasteiger partial charge in [-0.1, -0.05) is 0 Å². The molecule has 10 heteroatoms. The van der Waals surface area contributed by atoms with Gasteiger partial charge in [0.25, 0.3) is 11.7 Å². The maximum absolute atomic E-state index is 12.3. The lowest BCUT2D eigenvalue weighted by molar-refractivity contribution is -0.144. The van der Waals surface area contributed by atoms with Crippen molar-refractivity contribution in [1.29, 1.82) is 0 Å². The topological polar surface area (TPSA) is 88.5 Å². The number of rotatable bonds is 3. The van der Waals surface area contributed by atoms with E-state index in [9.17, 15) is 18.0 Å². The predicted molar refractivity (Wildman–Crippen MR) is 60.5 cm³/mol. The molecule has 0 aliphatic heterocycles. The van der Waals surface area contributed by atoms with Gasteiger partial charge in [-0.3, -0.25) is 14.6 Å². The average molecular weight is 288 g/mol. The van der Waals surface area contributed by atoms with Crippen molar-refractivity contribution in [3.63, 3.8) is 0 Å². The van der Waals surface area contributed by atoms with E-state index in [-0.39, 0.29) is 12.4 Å². The molecule has 2 heterocycles. The lowest BCUT2D eigenvalue weighted by Gasteiger charge is -2.02. The molecule has 20 heavy (non-hydrogen) atoms. The number of amides is 1. The maximum Gasteiger partial charge on any atom is 0.453 e. The third-order valence-electron chi connectivity index (χ3n) is 2.68. The molecule has 0 saturated carbocycles. The lowest BCUT2D eigenvalue weighted by Crippen LogP contribution is -2.24. The Labute approximate surface area is 111 Å². The van der Waals surface area contributed by atoms with Crippen LogP contribution in [0.25, 0.3) is 0 Å². The summed E-state index contributed by atoms with van der Waals surface area (Å²) in [7, 11) is 1.68. The Hall–Kier alpha value is -2.39. The molecule has 0 fully saturated rings. The molecule has 2 aromatic heterocycles. The van der Waals surface area contributed by atoms with E-state index < -0.39 is 17.9 Å². The summed E-state index contributed by atoms with van der Waals surface area (Å²) in [5, 5.41) is 11.5. The first kappa shape index (κ1) is 14.0. The van der Waals surface area contributed by atoms with Crippen LogP contribution in [0.15, 0.2) is 6.20 Å². The van der Waals surface area contributed by atoms with Crippen molar-refractivity contribution >= 4 is 5.91 Å². The van der Waals surface area contributed by atoms with Crippen molar-refractivity contribution < 1.29 is 18.0 Å². The summed E-state index contributed by atoms with van der Waals surface area (Å²) in [6.45, 7) is 1.52. The number of hydrogen-bond acceptors (Lipinski definition) is 4. The number of nitrogens with zero attached hydrogens (tertiary/aromatic N) is 4. The summed E-state index contributed by atoms with van der Waals surface area (Å²) >= 11 is 0. The molecule has 0 aliphatic carbocycles. The van der Waals surface area contributed by atoms with E-state index in [1.165, 1.54) is 10.9 Å². The number of alkyl halides is 3. The van der Waals surface area contributed by atoms with Crippen LogP contribution in [0.2, 0.25) is 0 Å². The summed E-state index contributed by atoms with van der Waals surface area (Å²) in [6, 6.07) is 0. The minimum Gasteiger partial charge on any atom is -0.345 e. The SMILES string of the molecule is Cc1c(C(=O)NCc2nc(C(F)(F)F)n[nH]2)cnn1C. The molecule has 2 N–H and O–H groups in total. The quantitative estimate of drug-likeness (QED) is 0.874. The van der Waals surface area contributed by atoms with Crippen molar-refractivity contribution in [2.75, 3.05) is 0 Å². The third-order valence-corrected chi connectivity index (χ3v) is 2.68. The fraction of sp³-hybridized carbons (Fsp3) is 0.400. The number of aromatic amines is 1. The normalized spacial score (nSPS) is 11.7. The molecule has 108 valence electrons. The van der Waals surface area contributed by atoms with Gasteiger partial charge in [0.1, 0.15) is 5.82 Å². The van der Waals surface area contributed by atoms with Gasteiger partial charge in [0.2, 0.25) is 0 Å². The molecular formula is C10H11F3N6O. The van der Waals surface area contributed by atoms with Crippen LogP contribution < -0.4 is 5.32 Å². The number of aryl methyl sites for hydroxylation is 1. The second-order valence-electron chi connectivity index (χ2n) is 4.05. The average Bonchev–Trinajstić information content (AvgIpc) is 2.95. The zero-order chi connectivity index (χ0) is 14.9. The van der Waals surface area contributed by atoms with Crippen LogP contribution in [0, 0.1) is 6.92 Å². The van der Waals surface area contributed by atoms with E-state index in [2.05, 4.69) is 25.6 Å². The summed E-state index contributed by atoms with van der Waals surface area (Å²) < 4.78 is 38.4. The van der Waals surface area contributed by atoms with Crippen molar-refractivity contribution in [2.24, 2.45) is 7.05 Å². The second kappa shape index (κ2) is 4.94. The van der Waals surface area contributed by atoms with Gasteiger partial charge >= 0.3 is 6.18 Å². The van der Waals surface area contributed by atoms with Crippen molar-refractivity contribution in [3.05, 3.63) is 29.1 Å². The molecule has 0 bridgehead atoms. The van der Waals surface area contributed by atoms with Crippen LogP contribution in [0.3, 0.4) is 0 Å². The minimum atomic E-state index is -4.61. The first-order valence-electron chi connectivity index (χ1n) is 5.54. The smallest absolute Gasteiger partial charge is 0.345 e. The maximum atomic E-state index is 12.3. The van der Waals surface area contributed by atoms with Gasteiger partial charge in [0.15, 0.2) is 0 Å². The van der Waals surface area contributed by atoms with E-state index >= 15 is 0 Å². The number of nitrogens with one attached hydrogen (secondary N) is 2. The number of aromatic nitrogens is 5. The zero-order valence-corrected chi connectivity index (χ0v) is 10.6. The molecule has 0 aromatic carbocycles. The Kier molecular flexibility index (Phi) is 3.47. The van der Waals surface area contributed by atoms with E-state index in [0.717, 1.165) is 0 Å². The first-order valence-corrected chi connectivity index (χ1v) is 5.54. The molecule has 0 spiro atoms. The van der Waals surface area contributed by atoms with Crippen LogP contribution in [-0.4, -0.2) is 30.9 Å². The van der Waals surface area contributed by atoms with Crippen LogP contribution in [-0.2, 0) is 19.8 Å². The Morgan fingerprint density at radius 2 is 2.20 bits per heavy atom. The highest BCUT2D eigenvalue weighted by molar-refractivity contribution is 5.94. The highest BCUT2D eigenvalue weighted by Gasteiger charge is 2.36. The van der Waals surface area contributed by atoms with Gasteiger partial charge in [-0.05, 0) is 6.92 Å². The Morgan fingerprint density at radius 3 is 2.70 bits per heavy atom. The van der Waals surface area contributed by atoms with E-state index in [4.69, 9.17) is 0 Å². The molecule has 1 amide bonds. The summed E-state index contributed by atoms with van der Waals surface area (Å²) in [5.74, 6) is -1.79. The van der Waals surface area contributed by atoms with Gasteiger partial charge in [0.05, 0.1) is 18.3 Å². The van der Waals surface area contributed by atoms with Crippen LogP contribution in [0.5, 0.6) is 0 Å². The van der Waals surface area contributed by atoms with Crippen LogP contribution >= 0.6 is 0 Å². The fourth-order valence-corrected chi connectivity index (χ4v) is 1.48. The monoisotopic (exact) mass is 288 g/mol. The van der Waals surface area contributed by atoms with Crippen molar-refractivity contribution in [2.45, 2.75) is 19.6 Å². The molecule has 7 nitrogen and oxygen atoms in total. The number of H-pyrrole nitrogens is 1. The highest BCUT2D eigenvalue weighted by atomic mass is 19.4. The Morgan fingerprint density at radius 1 is 1.50 bits per heavy atom. The minimum absolute atomic E-state index is 0.0766. The standard InChI is InChI=1S/C10H11F3N6O/c1-5-6(3-15-19(5)2)8(20)14-4-7-16-9(18-17-7)10(11,12)13/h3H,4H2,1-2H3,(H,14,20)(H,16,17,18). The van der Waals surface area contributed by atoms with Gasteiger partial charge in [0, 0.05) is 12.7 Å². The number of carbonyl (C=O) groups excluding carboxylic acids is 1. The molecule has 0 unspecified atom stereocenters. The van der Waals surface area contributed by atoms with Gasteiger partial charge in [-0.15, -0.1) is 5.10 Å². The summed E-state index contributed by atoms with van der Waals surface area (Å²) in [6.07, 6.45) is -3.23. The molecule has 0 atom stereocenters. The summed E-state index contributed by atoms with van der Waals surface area (Å²) in [5.41, 5.74) is 0.999. The van der Waals surface area contributed by atoms with Gasteiger partial charge in [-0.2, -0.15) is 18.3 Å². The zero-order valence-electron chi connectivity index (χ0n) is 10.6. The molecule has 2 rings (SSSR count). The first-order chi connectivity index (χ1) is 9.29. The fourth-order valence-electron chi connectivity index (χ4n) is 1.48. The number of hydrogen-bond donors (Lipinski definition) is 2. The lowest BCUT2D eigenvalue weighted by atomic mass is 10.2. The van der Waals surface area contributed by atoms with Crippen molar-refractivity contribution in [3.8, 4) is 0 Å². The van der Waals surface area contributed by atoms with Gasteiger partial charge < -0.3 is 5.32 Å². The second-order valence-corrected chi connectivity index (χ2v) is 4.05. The number of carbonyl (C=O) groups is 1. The highest BCUT2D eigenvalue weighted by Crippen LogP contribution is 2.25. The van der Waals surface area contributed by atoms with Crippen LogP contribution in [0.1, 0.15) is 27.7 Å². The molecule has 0 aliphatic rings. The van der Waals surface area contributed by atoms with E-state index in [1.807, 2.05) is 0 Å². The van der Waals surface area contributed by atoms with Crippen LogP contribution in [0.4, 0.5) is 13.2 Å². The van der Waals surface area contributed by atoms with Gasteiger partial charge in [-0.25, -0.2) is 4.98 Å². The Bertz CT molecular complexity index is 629.